The molecule has 0 radical (unpaired) electrons. The Hall–Kier alpha value is 0. The molecule has 0 saturated heterocycles. The van der Waals surface area contributed by atoms with Crippen LogP contribution in [0.4, 0.5) is 0 Å². The molecule has 0 aromatic heterocycles. The smallest absolute Gasteiger partial charge is 0.0443 e. The zero-order chi connectivity index (χ0) is 15.8. The maximum absolute atomic E-state index is 2.44. The fraction of sp³-hybridized carbons (Fsp3) is 1.00. The predicted molar refractivity (Wildman–Crippen MR) is 98.9 cm³/mol. The lowest BCUT2D eigenvalue weighted by Crippen LogP contribution is -1.95. The van der Waals surface area contributed by atoms with E-state index in [2.05, 4.69) is 27.7 Å². The molecule has 0 aliphatic carbocycles. The van der Waals surface area contributed by atoms with E-state index >= 15 is 0 Å². The van der Waals surface area contributed by atoms with Crippen molar-refractivity contribution in [2.24, 2.45) is 11.8 Å². The summed E-state index contributed by atoms with van der Waals surface area (Å²) in [4.78, 5) is 0. The molecular weight excluding hydrogens is 252 g/mol. The number of rotatable bonds is 16. The Labute approximate surface area is 136 Å². The highest BCUT2D eigenvalue weighted by atomic mass is 14.1. The summed E-state index contributed by atoms with van der Waals surface area (Å²) in [5.41, 5.74) is 0. The van der Waals surface area contributed by atoms with Crippen LogP contribution in [0.25, 0.3) is 0 Å². The quantitative estimate of drug-likeness (QED) is 0.252. The minimum atomic E-state index is 0.967. The molecule has 0 heteroatoms. The van der Waals surface area contributed by atoms with Crippen molar-refractivity contribution in [3.8, 4) is 0 Å². The van der Waals surface area contributed by atoms with Crippen LogP contribution in [0.15, 0.2) is 0 Å². The van der Waals surface area contributed by atoms with Gasteiger partial charge in [0.05, 0.1) is 0 Å². The largest absolute Gasteiger partial charge is 0.0654 e. The third-order valence-electron chi connectivity index (χ3n) is 4.99. The van der Waals surface area contributed by atoms with E-state index in [0.717, 1.165) is 11.8 Å². The minimum Gasteiger partial charge on any atom is -0.0654 e. The summed E-state index contributed by atoms with van der Waals surface area (Å²) in [5, 5.41) is 0. The summed E-state index contributed by atoms with van der Waals surface area (Å²) in [6.45, 7) is 9.49. The maximum Gasteiger partial charge on any atom is -0.0443 e. The topological polar surface area (TPSA) is 0 Å². The second-order valence-electron chi connectivity index (χ2n) is 7.55. The van der Waals surface area contributed by atoms with E-state index in [4.69, 9.17) is 0 Å². The normalized spacial score (nSPS) is 14.3. The SMILES string of the molecule is CCCCC(C)CCCCCCCCCC(C)CCCC. The van der Waals surface area contributed by atoms with Gasteiger partial charge in [0.25, 0.3) is 0 Å². The zero-order valence-electron chi connectivity index (χ0n) is 15.8. The van der Waals surface area contributed by atoms with Crippen molar-refractivity contribution in [1.29, 1.82) is 0 Å². The van der Waals surface area contributed by atoms with Crippen molar-refractivity contribution >= 4 is 0 Å². The summed E-state index contributed by atoms with van der Waals surface area (Å²) in [5.74, 6) is 1.93. The molecule has 0 aromatic carbocycles. The highest BCUT2D eigenvalue weighted by Crippen LogP contribution is 2.19. The van der Waals surface area contributed by atoms with E-state index in [9.17, 15) is 0 Å². The molecule has 0 saturated carbocycles. The lowest BCUT2D eigenvalue weighted by molar-refractivity contribution is 0.431. The van der Waals surface area contributed by atoms with Crippen LogP contribution in [0, 0.1) is 11.8 Å². The molecule has 2 unspecified atom stereocenters. The van der Waals surface area contributed by atoms with Gasteiger partial charge >= 0.3 is 0 Å². The summed E-state index contributed by atoms with van der Waals surface area (Å²) < 4.78 is 0. The Morgan fingerprint density at radius 2 is 0.714 bits per heavy atom. The highest BCUT2D eigenvalue weighted by molar-refractivity contribution is 4.56. The standard InChI is InChI=1S/C21H44/c1-5-7-16-20(3)18-14-12-10-9-11-13-15-19-21(4)17-8-6-2/h20-21H,5-19H2,1-4H3. The molecule has 21 heavy (non-hydrogen) atoms. The molecule has 0 nitrogen and oxygen atoms in total. The molecule has 2 atom stereocenters. The van der Waals surface area contributed by atoms with Crippen LogP contribution in [0.3, 0.4) is 0 Å². The van der Waals surface area contributed by atoms with Crippen LogP contribution in [0.1, 0.15) is 124 Å². The zero-order valence-corrected chi connectivity index (χ0v) is 15.8. The van der Waals surface area contributed by atoms with Crippen LogP contribution in [-0.4, -0.2) is 0 Å². The molecule has 0 aliphatic heterocycles. The minimum absolute atomic E-state index is 0.967. The highest BCUT2D eigenvalue weighted by Gasteiger charge is 2.02. The third kappa shape index (κ3) is 16.2. The van der Waals surface area contributed by atoms with Gasteiger partial charge in [-0.25, -0.2) is 0 Å². The third-order valence-corrected chi connectivity index (χ3v) is 4.99. The molecule has 0 spiro atoms. The fourth-order valence-electron chi connectivity index (χ4n) is 3.26. The maximum atomic E-state index is 2.44. The van der Waals surface area contributed by atoms with Gasteiger partial charge in [0.2, 0.25) is 0 Å². The van der Waals surface area contributed by atoms with Crippen molar-refractivity contribution in [3.05, 3.63) is 0 Å². The van der Waals surface area contributed by atoms with Crippen molar-refractivity contribution < 1.29 is 0 Å². The van der Waals surface area contributed by atoms with E-state index in [1.807, 2.05) is 0 Å². The van der Waals surface area contributed by atoms with Crippen LogP contribution in [-0.2, 0) is 0 Å². The Balaban J connectivity index is 3.15. The van der Waals surface area contributed by atoms with E-state index in [1.54, 1.807) is 0 Å². The van der Waals surface area contributed by atoms with E-state index < -0.39 is 0 Å². The molecule has 0 aliphatic rings. The molecule has 0 aromatic rings. The van der Waals surface area contributed by atoms with Gasteiger partial charge in [-0.1, -0.05) is 124 Å². The van der Waals surface area contributed by atoms with Crippen LogP contribution in [0.2, 0.25) is 0 Å². The monoisotopic (exact) mass is 296 g/mol. The predicted octanol–water partition coefficient (Wildman–Crippen LogP) is 8.15. The van der Waals surface area contributed by atoms with Crippen molar-refractivity contribution in [1.82, 2.24) is 0 Å². The molecule has 128 valence electrons. The fourth-order valence-corrected chi connectivity index (χ4v) is 3.26. The van der Waals surface area contributed by atoms with Gasteiger partial charge < -0.3 is 0 Å². The molecule has 0 amide bonds. The number of hydrogen-bond donors (Lipinski definition) is 0. The van der Waals surface area contributed by atoms with Gasteiger partial charge in [0.1, 0.15) is 0 Å². The molecule has 0 bridgehead atoms. The first-order valence-electron chi connectivity index (χ1n) is 10.2. The Morgan fingerprint density at radius 3 is 1.05 bits per heavy atom. The van der Waals surface area contributed by atoms with Gasteiger partial charge in [-0.2, -0.15) is 0 Å². The van der Waals surface area contributed by atoms with E-state index in [-0.39, 0.29) is 0 Å². The average Bonchev–Trinajstić information content (AvgIpc) is 2.49. The second-order valence-corrected chi connectivity index (χ2v) is 7.55. The molecular formula is C21H44. The van der Waals surface area contributed by atoms with Gasteiger partial charge in [-0.3, -0.25) is 0 Å². The first kappa shape index (κ1) is 21.0. The van der Waals surface area contributed by atoms with Gasteiger partial charge in [-0.05, 0) is 11.8 Å². The van der Waals surface area contributed by atoms with E-state index in [0.29, 0.717) is 0 Å². The van der Waals surface area contributed by atoms with E-state index in [1.165, 1.54) is 96.3 Å². The molecule has 0 N–H and O–H groups in total. The molecule has 0 heterocycles. The van der Waals surface area contributed by atoms with Crippen LogP contribution < -0.4 is 0 Å². The van der Waals surface area contributed by atoms with Crippen LogP contribution in [0.5, 0.6) is 0 Å². The van der Waals surface area contributed by atoms with Crippen molar-refractivity contribution in [2.45, 2.75) is 124 Å². The lowest BCUT2D eigenvalue weighted by Gasteiger charge is -2.11. The van der Waals surface area contributed by atoms with Gasteiger partial charge in [0, 0.05) is 0 Å². The molecule has 0 fully saturated rings. The summed E-state index contributed by atoms with van der Waals surface area (Å²) in [6, 6.07) is 0. The lowest BCUT2D eigenvalue weighted by atomic mass is 9.96. The Bertz CT molecular complexity index is 164. The van der Waals surface area contributed by atoms with Gasteiger partial charge in [0.15, 0.2) is 0 Å². The summed E-state index contributed by atoms with van der Waals surface area (Å²) >= 11 is 0. The van der Waals surface area contributed by atoms with Crippen molar-refractivity contribution in [3.63, 3.8) is 0 Å². The first-order chi connectivity index (χ1) is 10.2. The Kier molecular flexibility index (Phi) is 16.4. The van der Waals surface area contributed by atoms with Gasteiger partial charge in [-0.15, -0.1) is 0 Å². The Morgan fingerprint density at radius 1 is 0.429 bits per heavy atom. The molecule has 0 rings (SSSR count). The summed E-state index contributed by atoms with van der Waals surface area (Å²) in [7, 11) is 0. The summed E-state index contributed by atoms with van der Waals surface area (Å²) in [6.07, 6.45) is 21.7. The number of unbranched alkanes of at least 4 members (excludes halogenated alkanes) is 8. The van der Waals surface area contributed by atoms with Crippen molar-refractivity contribution in [2.75, 3.05) is 0 Å². The van der Waals surface area contributed by atoms with Crippen LogP contribution >= 0.6 is 0 Å². The second kappa shape index (κ2) is 16.4. The average molecular weight is 297 g/mol. The number of hydrogen-bond acceptors (Lipinski definition) is 0. The first-order valence-corrected chi connectivity index (χ1v) is 10.2.